The first-order valence-electron chi connectivity index (χ1n) is 7.09. The maximum atomic E-state index is 10.4. The summed E-state index contributed by atoms with van der Waals surface area (Å²) in [5.41, 5.74) is 2.93. The third kappa shape index (κ3) is 4.74. The zero-order valence-electron chi connectivity index (χ0n) is 12.7. The van der Waals surface area contributed by atoms with Gasteiger partial charge < -0.3 is 10.2 Å². The Morgan fingerprint density at radius 1 is 0.864 bits per heavy atom. The average molecular weight is 300 g/mol. The first kappa shape index (κ1) is 17.4. The predicted molar refractivity (Wildman–Crippen MR) is 85.7 cm³/mol. The van der Waals surface area contributed by atoms with Gasteiger partial charge in [0.2, 0.25) is 0 Å². The van der Waals surface area contributed by atoms with Crippen LogP contribution in [0.5, 0.6) is 11.5 Å². The van der Waals surface area contributed by atoms with Crippen LogP contribution in [0.3, 0.4) is 0 Å². The molecule has 2 N–H and O–H groups in total. The molecule has 0 bridgehead atoms. The van der Waals surface area contributed by atoms with E-state index >= 15 is 0 Å². The highest BCUT2D eigenvalue weighted by Gasteiger charge is 1.99. The highest BCUT2D eigenvalue weighted by atomic mass is 16.3. The molecule has 0 amide bonds. The third-order valence-electron chi connectivity index (χ3n) is 3.26. The Hall–Kier alpha value is -2.62. The van der Waals surface area contributed by atoms with Gasteiger partial charge in [-0.25, -0.2) is 0 Å². The molecule has 0 saturated heterocycles. The van der Waals surface area contributed by atoms with Gasteiger partial charge in [-0.2, -0.15) is 0 Å². The smallest absolute Gasteiger partial charge is 0.153 e. The van der Waals surface area contributed by atoms with E-state index in [1.807, 2.05) is 19.9 Å². The molecule has 0 aliphatic rings. The van der Waals surface area contributed by atoms with Crippen molar-refractivity contribution in [2.75, 3.05) is 0 Å². The molecule has 0 radical (unpaired) electrons. The van der Waals surface area contributed by atoms with E-state index in [9.17, 15) is 14.7 Å². The molecule has 0 atom stereocenters. The number of rotatable bonds is 4. The van der Waals surface area contributed by atoms with Crippen molar-refractivity contribution in [1.82, 2.24) is 0 Å². The minimum atomic E-state index is 0.0688. The first-order chi connectivity index (χ1) is 10.5. The number of carbonyl (C=O) groups excluding carboxylic acids is 2. The molecule has 0 aromatic heterocycles. The minimum absolute atomic E-state index is 0.0688. The minimum Gasteiger partial charge on any atom is -0.508 e. The summed E-state index contributed by atoms with van der Waals surface area (Å²) in [6.45, 7) is 3.94. The van der Waals surface area contributed by atoms with Crippen LogP contribution in [0, 0.1) is 0 Å². The summed E-state index contributed by atoms with van der Waals surface area (Å²) in [5, 5.41) is 18.2. The van der Waals surface area contributed by atoms with Crippen LogP contribution in [0.15, 0.2) is 36.4 Å². The SMILES string of the molecule is CCc1cc(O)ccc1C=O.CCc1ccc(C=O)c(O)c1. The van der Waals surface area contributed by atoms with E-state index in [4.69, 9.17) is 5.11 Å². The van der Waals surface area contributed by atoms with Crippen LogP contribution in [0.1, 0.15) is 45.7 Å². The number of phenolic OH excluding ortho intramolecular Hbond substituents is 2. The van der Waals surface area contributed by atoms with Gasteiger partial charge in [0.1, 0.15) is 17.8 Å². The number of hydrogen-bond donors (Lipinski definition) is 2. The molecule has 22 heavy (non-hydrogen) atoms. The van der Waals surface area contributed by atoms with Crippen molar-refractivity contribution in [3.8, 4) is 11.5 Å². The van der Waals surface area contributed by atoms with Gasteiger partial charge in [-0.15, -0.1) is 0 Å². The standard InChI is InChI=1S/2C9H10O2/c1-2-7-5-9(11)4-3-8(7)6-10;1-2-7-3-4-8(6-10)9(11)5-7/h2*3-6,11H,2H2,1H3. The Bertz CT molecular complexity index is 648. The summed E-state index contributed by atoms with van der Waals surface area (Å²) in [7, 11) is 0. The van der Waals surface area contributed by atoms with Crippen LogP contribution in [0.4, 0.5) is 0 Å². The Morgan fingerprint density at radius 2 is 1.50 bits per heavy atom. The number of aryl methyl sites for hydroxylation is 2. The topological polar surface area (TPSA) is 74.6 Å². The Balaban J connectivity index is 0.000000220. The molecule has 0 fully saturated rings. The molecule has 0 heterocycles. The predicted octanol–water partition coefficient (Wildman–Crippen LogP) is 3.53. The highest BCUT2D eigenvalue weighted by Crippen LogP contribution is 2.17. The van der Waals surface area contributed by atoms with Crippen molar-refractivity contribution in [2.24, 2.45) is 0 Å². The molecule has 4 heteroatoms. The number of carbonyl (C=O) groups is 2. The lowest BCUT2D eigenvalue weighted by atomic mass is 10.1. The second kappa shape index (κ2) is 8.62. The second-order valence-electron chi connectivity index (χ2n) is 4.72. The quantitative estimate of drug-likeness (QED) is 0.847. The Kier molecular flexibility index (Phi) is 6.83. The molecule has 0 aliphatic heterocycles. The molecule has 0 saturated carbocycles. The van der Waals surface area contributed by atoms with Crippen molar-refractivity contribution in [3.63, 3.8) is 0 Å². The molecule has 0 aliphatic carbocycles. The molecule has 2 aromatic carbocycles. The zero-order chi connectivity index (χ0) is 16.5. The fourth-order valence-corrected chi connectivity index (χ4v) is 1.92. The number of aldehydes is 2. The van der Waals surface area contributed by atoms with Crippen LogP contribution < -0.4 is 0 Å². The second-order valence-corrected chi connectivity index (χ2v) is 4.72. The molecule has 116 valence electrons. The van der Waals surface area contributed by atoms with Crippen molar-refractivity contribution < 1.29 is 19.8 Å². The summed E-state index contributed by atoms with van der Waals surface area (Å²) in [6.07, 6.45) is 3.09. The highest BCUT2D eigenvalue weighted by molar-refractivity contribution is 5.79. The van der Waals surface area contributed by atoms with Crippen LogP contribution >= 0.6 is 0 Å². The first-order valence-corrected chi connectivity index (χ1v) is 7.09. The van der Waals surface area contributed by atoms with E-state index in [0.29, 0.717) is 17.4 Å². The van der Waals surface area contributed by atoms with Crippen molar-refractivity contribution in [3.05, 3.63) is 58.7 Å². The molecule has 0 unspecified atom stereocenters. The van der Waals surface area contributed by atoms with Crippen molar-refractivity contribution >= 4 is 12.6 Å². The van der Waals surface area contributed by atoms with Crippen LogP contribution in [0.2, 0.25) is 0 Å². The van der Waals surface area contributed by atoms with Gasteiger partial charge in [0.25, 0.3) is 0 Å². The lowest BCUT2D eigenvalue weighted by molar-refractivity contribution is 0.111. The molecule has 2 aromatic rings. The summed E-state index contributed by atoms with van der Waals surface area (Å²) < 4.78 is 0. The van der Waals surface area contributed by atoms with Crippen LogP contribution in [-0.4, -0.2) is 22.8 Å². The summed E-state index contributed by atoms with van der Waals surface area (Å²) in [6, 6.07) is 9.84. The maximum absolute atomic E-state index is 10.4. The van der Waals surface area contributed by atoms with Crippen molar-refractivity contribution in [1.29, 1.82) is 0 Å². The largest absolute Gasteiger partial charge is 0.508 e. The number of hydrogen-bond acceptors (Lipinski definition) is 4. The molecular weight excluding hydrogens is 280 g/mol. The fraction of sp³-hybridized carbons (Fsp3) is 0.222. The maximum Gasteiger partial charge on any atom is 0.153 e. The molecule has 2 rings (SSSR count). The van der Waals surface area contributed by atoms with E-state index in [0.717, 1.165) is 30.3 Å². The van der Waals surface area contributed by atoms with Crippen molar-refractivity contribution in [2.45, 2.75) is 26.7 Å². The van der Waals surface area contributed by atoms with Gasteiger partial charge in [-0.1, -0.05) is 19.9 Å². The van der Waals surface area contributed by atoms with Gasteiger partial charge in [-0.05, 0) is 54.3 Å². The molecular formula is C18H20O4. The Labute approximate surface area is 130 Å². The van der Waals surface area contributed by atoms with Crippen LogP contribution in [-0.2, 0) is 12.8 Å². The lowest BCUT2D eigenvalue weighted by Gasteiger charge is -2.00. The number of phenols is 2. The summed E-state index contributed by atoms with van der Waals surface area (Å²) in [4.78, 5) is 20.7. The van der Waals surface area contributed by atoms with Gasteiger partial charge in [0.05, 0.1) is 5.56 Å². The van der Waals surface area contributed by atoms with E-state index in [1.54, 1.807) is 24.3 Å². The normalized spacial score (nSPS) is 9.55. The van der Waals surface area contributed by atoms with Gasteiger partial charge in [-0.3, -0.25) is 9.59 Å². The van der Waals surface area contributed by atoms with Crippen LogP contribution in [0.25, 0.3) is 0 Å². The van der Waals surface area contributed by atoms with Gasteiger partial charge in [0, 0.05) is 5.56 Å². The monoisotopic (exact) mass is 300 g/mol. The van der Waals surface area contributed by atoms with E-state index in [-0.39, 0.29) is 11.5 Å². The summed E-state index contributed by atoms with van der Waals surface area (Å²) in [5.74, 6) is 0.284. The van der Waals surface area contributed by atoms with E-state index in [2.05, 4.69) is 0 Å². The number of aromatic hydroxyl groups is 2. The molecule has 0 spiro atoms. The lowest BCUT2D eigenvalue weighted by Crippen LogP contribution is -1.88. The Morgan fingerprint density at radius 3 is 2.00 bits per heavy atom. The van der Waals surface area contributed by atoms with E-state index in [1.165, 1.54) is 6.07 Å². The fourth-order valence-electron chi connectivity index (χ4n) is 1.92. The molecule has 4 nitrogen and oxygen atoms in total. The zero-order valence-corrected chi connectivity index (χ0v) is 12.7. The van der Waals surface area contributed by atoms with Gasteiger partial charge in [0.15, 0.2) is 6.29 Å². The van der Waals surface area contributed by atoms with Gasteiger partial charge >= 0.3 is 0 Å². The third-order valence-corrected chi connectivity index (χ3v) is 3.26. The number of benzene rings is 2. The summed E-state index contributed by atoms with van der Waals surface area (Å²) >= 11 is 0. The van der Waals surface area contributed by atoms with E-state index < -0.39 is 0 Å². The average Bonchev–Trinajstić information content (AvgIpc) is 2.55.